The molecule has 0 fully saturated rings. The van der Waals surface area contributed by atoms with Crippen LogP contribution in [0.3, 0.4) is 0 Å². The van der Waals surface area contributed by atoms with E-state index < -0.39 is 0 Å². The van der Waals surface area contributed by atoms with E-state index in [0.29, 0.717) is 18.7 Å². The zero-order chi connectivity index (χ0) is 30.8. The molecule has 0 saturated carbocycles. The minimum Gasteiger partial charge on any atom is -0.381 e. The van der Waals surface area contributed by atoms with Gasteiger partial charge in [0.25, 0.3) is 0 Å². The molecule has 0 aromatic heterocycles. The highest BCUT2D eigenvalue weighted by molar-refractivity contribution is 5.80. The Hall–Kier alpha value is -1.01. The van der Waals surface area contributed by atoms with Gasteiger partial charge in [-0.15, -0.1) is 0 Å². The quantitative estimate of drug-likeness (QED) is 0.0550. The zero-order valence-electron chi connectivity index (χ0n) is 28.7. The fourth-order valence-electron chi connectivity index (χ4n) is 4.98. The van der Waals surface area contributed by atoms with E-state index in [1.807, 2.05) is 0 Å². The van der Waals surface area contributed by atoms with Gasteiger partial charge in [0.2, 0.25) is 0 Å². The van der Waals surface area contributed by atoms with E-state index in [0.717, 1.165) is 78.2 Å². The highest BCUT2D eigenvalue weighted by Gasteiger charge is 2.11. The van der Waals surface area contributed by atoms with Crippen molar-refractivity contribution in [2.24, 2.45) is 0 Å². The molecule has 0 N–H and O–H groups in total. The van der Waals surface area contributed by atoms with Gasteiger partial charge in [-0.25, -0.2) is 0 Å². The smallest absolute Gasteiger partial charge is 0.146 e. The van der Waals surface area contributed by atoms with E-state index in [4.69, 9.17) is 9.47 Å². The van der Waals surface area contributed by atoms with Crippen molar-refractivity contribution in [2.45, 2.75) is 142 Å². The molecule has 0 atom stereocenters. The number of allylic oxidation sites excluding steroid dienone is 2. The summed E-state index contributed by atoms with van der Waals surface area (Å²) in [6.45, 7) is 11.6. The van der Waals surface area contributed by atoms with E-state index >= 15 is 0 Å². The van der Waals surface area contributed by atoms with Crippen molar-refractivity contribution in [2.75, 3.05) is 66.7 Å². The van der Waals surface area contributed by atoms with Crippen molar-refractivity contribution in [3.8, 4) is 0 Å². The zero-order valence-corrected chi connectivity index (χ0v) is 28.7. The number of Topliss-reactive ketones (excluding diaryl/α,β-unsaturated/α-hetero) is 1. The van der Waals surface area contributed by atoms with Gasteiger partial charge in [0.1, 0.15) is 5.78 Å². The summed E-state index contributed by atoms with van der Waals surface area (Å²) in [6, 6.07) is 0. The van der Waals surface area contributed by atoms with Crippen LogP contribution in [-0.4, -0.2) is 82.3 Å². The van der Waals surface area contributed by atoms with Gasteiger partial charge in [-0.3, -0.25) is 9.69 Å². The number of unbranched alkanes of at least 4 members (excludes halogenated alkanes) is 12. The molecule has 0 aliphatic carbocycles. The Morgan fingerprint density at radius 1 is 0.524 bits per heavy atom. The van der Waals surface area contributed by atoms with E-state index in [1.54, 1.807) is 0 Å². The summed E-state index contributed by atoms with van der Waals surface area (Å²) in [5.41, 5.74) is 0. The Bertz CT molecular complexity index is 568. The lowest BCUT2D eigenvalue weighted by atomic mass is 10.1. The van der Waals surface area contributed by atoms with Gasteiger partial charge < -0.3 is 14.4 Å². The Morgan fingerprint density at radius 2 is 1.00 bits per heavy atom. The Labute approximate surface area is 262 Å². The third kappa shape index (κ3) is 33.5. The normalized spacial score (nSPS) is 12.1. The molecule has 248 valence electrons. The molecule has 0 aromatic rings. The van der Waals surface area contributed by atoms with Gasteiger partial charge in [0.15, 0.2) is 0 Å². The van der Waals surface area contributed by atoms with Crippen LogP contribution in [0.15, 0.2) is 24.3 Å². The molecule has 0 radical (unpaired) electrons. The predicted octanol–water partition coefficient (Wildman–Crippen LogP) is 9.41. The molecule has 0 bridgehead atoms. The first-order valence-corrected chi connectivity index (χ1v) is 17.9. The SMILES string of the molecule is CCCCC/C=C\CCOCCCCCCN(CCCCCCOCC/C=C\CCCCC)CC(=O)CCCN(C)C. The summed E-state index contributed by atoms with van der Waals surface area (Å²) in [7, 11) is 4.15. The molecule has 42 heavy (non-hydrogen) atoms. The molecule has 5 heteroatoms. The second-order valence-corrected chi connectivity index (χ2v) is 12.3. The van der Waals surface area contributed by atoms with Crippen molar-refractivity contribution in [3.05, 3.63) is 24.3 Å². The average Bonchev–Trinajstić information content (AvgIpc) is 2.97. The number of carbonyl (C=O) groups is 1. The van der Waals surface area contributed by atoms with Crippen LogP contribution < -0.4 is 0 Å². The first kappa shape index (κ1) is 41.0. The second kappa shape index (κ2) is 34.5. The van der Waals surface area contributed by atoms with Crippen molar-refractivity contribution in [3.63, 3.8) is 0 Å². The lowest BCUT2D eigenvalue weighted by Gasteiger charge is -2.22. The van der Waals surface area contributed by atoms with Gasteiger partial charge in [0, 0.05) is 19.6 Å². The molecule has 0 heterocycles. The van der Waals surface area contributed by atoms with E-state index in [2.05, 4.69) is 62.0 Å². The van der Waals surface area contributed by atoms with E-state index in [9.17, 15) is 4.79 Å². The Balaban J connectivity index is 3.97. The minimum absolute atomic E-state index is 0.400. The van der Waals surface area contributed by atoms with Crippen molar-refractivity contribution in [1.82, 2.24) is 9.80 Å². The maximum atomic E-state index is 12.6. The fraction of sp³-hybridized carbons (Fsp3) is 0.865. The molecule has 0 unspecified atom stereocenters. The van der Waals surface area contributed by atoms with Crippen LogP contribution in [0.4, 0.5) is 0 Å². The maximum absolute atomic E-state index is 12.6. The summed E-state index contributed by atoms with van der Waals surface area (Å²) in [5.74, 6) is 0.400. The van der Waals surface area contributed by atoms with Gasteiger partial charge in [-0.1, -0.05) is 89.5 Å². The van der Waals surface area contributed by atoms with E-state index in [1.165, 1.54) is 89.9 Å². The number of nitrogens with zero attached hydrogens (tertiary/aromatic N) is 2. The van der Waals surface area contributed by atoms with Crippen molar-refractivity contribution >= 4 is 5.78 Å². The first-order valence-electron chi connectivity index (χ1n) is 17.9. The van der Waals surface area contributed by atoms with Crippen LogP contribution in [0.5, 0.6) is 0 Å². The van der Waals surface area contributed by atoms with Gasteiger partial charge in [-0.05, 0) is 104 Å². The lowest BCUT2D eigenvalue weighted by Crippen LogP contribution is -2.32. The van der Waals surface area contributed by atoms with Crippen LogP contribution in [0, 0.1) is 0 Å². The van der Waals surface area contributed by atoms with Crippen molar-refractivity contribution < 1.29 is 14.3 Å². The van der Waals surface area contributed by atoms with Crippen LogP contribution >= 0.6 is 0 Å². The Morgan fingerprint density at radius 3 is 1.48 bits per heavy atom. The number of carbonyl (C=O) groups excluding carboxylic acids is 1. The molecule has 0 aliphatic rings. The summed E-state index contributed by atoms with van der Waals surface area (Å²) in [4.78, 5) is 17.2. The lowest BCUT2D eigenvalue weighted by molar-refractivity contribution is -0.120. The number of ketones is 1. The summed E-state index contributed by atoms with van der Waals surface area (Å²) >= 11 is 0. The average molecular weight is 593 g/mol. The van der Waals surface area contributed by atoms with Gasteiger partial charge >= 0.3 is 0 Å². The number of ether oxygens (including phenoxy) is 2. The first-order chi connectivity index (χ1) is 20.6. The molecule has 0 aromatic carbocycles. The van der Waals surface area contributed by atoms with Crippen molar-refractivity contribution in [1.29, 1.82) is 0 Å². The number of rotatable bonds is 34. The topological polar surface area (TPSA) is 42.0 Å². The summed E-state index contributed by atoms with van der Waals surface area (Å²) in [6.07, 6.45) is 32.7. The molecular weight excluding hydrogens is 520 g/mol. The molecule has 0 aliphatic heterocycles. The summed E-state index contributed by atoms with van der Waals surface area (Å²) < 4.78 is 11.6. The highest BCUT2D eigenvalue weighted by Crippen LogP contribution is 2.08. The van der Waals surface area contributed by atoms with Crippen LogP contribution in [0.25, 0.3) is 0 Å². The van der Waals surface area contributed by atoms with Gasteiger partial charge in [-0.2, -0.15) is 0 Å². The number of hydrogen-bond acceptors (Lipinski definition) is 5. The van der Waals surface area contributed by atoms with Crippen LogP contribution in [-0.2, 0) is 14.3 Å². The fourth-order valence-corrected chi connectivity index (χ4v) is 4.98. The Kier molecular flexibility index (Phi) is 33.7. The minimum atomic E-state index is 0.400. The van der Waals surface area contributed by atoms with Gasteiger partial charge in [0.05, 0.1) is 19.8 Å². The maximum Gasteiger partial charge on any atom is 0.146 e. The van der Waals surface area contributed by atoms with E-state index in [-0.39, 0.29) is 0 Å². The number of hydrogen-bond donors (Lipinski definition) is 0. The largest absolute Gasteiger partial charge is 0.381 e. The van der Waals surface area contributed by atoms with Crippen LogP contribution in [0.1, 0.15) is 142 Å². The third-order valence-electron chi connectivity index (χ3n) is 7.63. The highest BCUT2D eigenvalue weighted by atomic mass is 16.5. The molecule has 0 saturated heterocycles. The molecular formula is C37H72N2O3. The molecule has 0 spiro atoms. The third-order valence-corrected chi connectivity index (χ3v) is 7.63. The molecule has 5 nitrogen and oxygen atoms in total. The second-order valence-electron chi connectivity index (χ2n) is 12.3. The predicted molar refractivity (Wildman–Crippen MR) is 184 cm³/mol. The molecule has 0 amide bonds. The summed E-state index contributed by atoms with van der Waals surface area (Å²) in [5, 5.41) is 0. The van der Waals surface area contributed by atoms with Crippen LogP contribution in [0.2, 0.25) is 0 Å². The monoisotopic (exact) mass is 593 g/mol. The standard InChI is InChI=1S/C37H72N2O3/c1-5-7-9-11-13-17-23-32-41-34-25-19-15-21-30-39(36-37(40)28-27-29-38(3)4)31-22-16-20-26-35-42-33-24-18-14-12-10-8-6-2/h13-14,17-18H,5-12,15-16,19-36H2,1-4H3/b17-13-,18-14-. The molecule has 0 rings (SSSR count).